The minimum absolute atomic E-state index is 0.181. The number of carbonyl (C=O) groups is 1. The number of hydrogen-bond acceptors (Lipinski definition) is 4. The Morgan fingerprint density at radius 1 is 1.37 bits per heavy atom. The second kappa shape index (κ2) is 5.34. The zero-order valence-electron chi connectivity index (χ0n) is 10.3. The van der Waals surface area contributed by atoms with E-state index in [1.165, 1.54) is 11.1 Å². The van der Waals surface area contributed by atoms with E-state index >= 15 is 0 Å². The lowest BCUT2D eigenvalue weighted by Gasteiger charge is -2.16. The molecule has 1 aromatic heterocycles. The molecule has 0 aliphatic rings. The Morgan fingerprint density at radius 2 is 2.05 bits per heavy atom. The van der Waals surface area contributed by atoms with Crippen LogP contribution in [-0.4, -0.2) is 32.9 Å². The smallest absolute Gasteiger partial charge is 0.274 e. The Kier molecular flexibility index (Phi) is 3.61. The second-order valence-electron chi connectivity index (χ2n) is 4.12. The minimum atomic E-state index is -0.349. The maximum atomic E-state index is 12.0. The molecule has 98 valence electrons. The van der Waals surface area contributed by atoms with Crippen LogP contribution in [0.5, 0.6) is 5.75 Å². The van der Waals surface area contributed by atoms with Crippen LogP contribution >= 0.6 is 0 Å². The van der Waals surface area contributed by atoms with Crippen molar-refractivity contribution in [1.82, 2.24) is 14.9 Å². The quantitative estimate of drug-likeness (QED) is 0.851. The zero-order valence-corrected chi connectivity index (χ0v) is 10.3. The van der Waals surface area contributed by atoms with Gasteiger partial charge in [-0.25, -0.2) is 4.98 Å². The Bertz CT molecular complexity index is 614. The Morgan fingerprint density at radius 3 is 2.63 bits per heavy atom. The molecule has 1 heterocycles. The zero-order chi connectivity index (χ0) is 13.8. The molecule has 0 unspecified atom stereocenters. The number of nitrogens with zero attached hydrogens (tertiary/aromatic N) is 2. The topological polar surface area (TPSA) is 86.3 Å². The van der Waals surface area contributed by atoms with Gasteiger partial charge >= 0.3 is 0 Å². The highest BCUT2D eigenvalue weighted by molar-refractivity contribution is 5.91. The molecule has 0 saturated carbocycles. The average Bonchev–Trinajstić information content (AvgIpc) is 2.41. The molecule has 0 aliphatic heterocycles. The molecule has 2 rings (SSSR count). The first kappa shape index (κ1) is 12.8. The second-order valence-corrected chi connectivity index (χ2v) is 4.12. The summed E-state index contributed by atoms with van der Waals surface area (Å²) in [5.41, 5.74) is 0.719. The molecule has 19 heavy (non-hydrogen) atoms. The largest absolute Gasteiger partial charge is 0.508 e. The van der Waals surface area contributed by atoms with Crippen LogP contribution in [-0.2, 0) is 6.54 Å². The van der Waals surface area contributed by atoms with Crippen LogP contribution in [0.4, 0.5) is 0 Å². The van der Waals surface area contributed by atoms with E-state index in [-0.39, 0.29) is 22.9 Å². The highest BCUT2D eigenvalue weighted by Gasteiger charge is 2.13. The predicted molar refractivity (Wildman–Crippen MR) is 68.8 cm³/mol. The van der Waals surface area contributed by atoms with Crippen LogP contribution in [0.15, 0.2) is 41.5 Å². The van der Waals surface area contributed by atoms with Gasteiger partial charge in [-0.2, -0.15) is 0 Å². The molecular formula is C13H13N3O3. The fourth-order valence-electron chi connectivity index (χ4n) is 1.60. The summed E-state index contributed by atoms with van der Waals surface area (Å²) in [5.74, 6) is -0.107. The summed E-state index contributed by atoms with van der Waals surface area (Å²) < 4.78 is 0. The van der Waals surface area contributed by atoms with Crippen LogP contribution in [0.25, 0.3) is 0 Å². The number of aromatic amines is 1. The summed E-state index contributed by atoms with van der Waals surface area (Å²) in [6.07, 6.45) is 2.36. The van der Waals surface area contributed by atoms with Gasteiger partial charge in [-0.3, -0.25) is 9.59 Å². The van der Waals surface area contributed by atoms with Gasteiger partial charge in [-0.1, -0.05) is 12.1 Å². The third-order valence-electron chi connectivity index (χ3n) is 2.59. The first-order chi connectivity index (χ1) is 9.06. The van der Waals surface area contributed by atoms with Crippen LogP contribution in [0.3, 0.4) is 0 Å². The number of amides is 1. The van der Waals surface area contributed by atoms with Crippen molar-refractivity contribution in [2.75, 3.05) is 7.05 Å². The Hall–Kier alpha value is -2.63. The fraction of sp³-hybridized carbons (Fsp3) is 0.154. The van der Waals surface area contributed by atoms with E-state index < -0.39 is 0 Å². The van der Waals surface area contributed by atoms with E-state index in [4.69, 9.17) is 0 Å². The number of phenols is 1. The van der Waals surface area contributed by atoms with E-state index in [9.17, 15) is 14.7 Å². The van der Waals surface area contributed by atoms with Crippen LogP contribution in [0, 0.1) is 0 Å². The van der Waals surface area contributed by atoms with Gasteiger partial charge in [-0.05, 0) is 17.7 Å². The van der Waals surface area contributed by atoms with Gasteiger partial charge in [-0.15, -0.1) is 0 Å². The minimum Gasteiger partial charge on any atom is -0.508 e. The third kappa shape index (κ3) is 3.19. The number of phenolic OH excluding ortho intramolecular Hbond substituents is 1. The summed E-state index contributed by atoms with van der Waals surface area (Å²) >= 11 is 0. The van der Waals surface area contributed by atoms with Crippen molar-refractivity contribution in [2.24, 2.45) is 0 Å². The lowest BCUT2D eigenvalue weighted by molar-refractivity contribution is 0.0778. The number of aromatic hydroxyl groups is 1. The van der Waals surface area contributed by atoms with Crippen molar-refractivity contribution in [2.45, 2.75) is 6.54 Å². The summed E-state index contributed by atoms with van der Waals surface area (Å²) in [4.78, 5) is 30.6. The highest BCUT2D eigenvalue weighted by atomic mass is 16.3. The normalized spacial score (nSPS) is 10.2. The average molecular weight is 259 g/mol. The molecule has 0 fully saturated rings. The monoisotopic (exact) mass is 259 g/mol. The van der Waals surface area contributed by atoms with Crippen LogP contribution < -0.4 is 5.56 Å². The van der Waals surface area contributed by atoms with Gasteiger partial charge < -0.3 is 15.0 Å². The van der Waals surface area contributed by atoms with Gasteiger partial charge in [0.15, 0.2) is 0 Å². The summed E-state index contributed by atoms with van der Waals surface area (Å²) in [5, 5.41) is 9.18. The number of rotatable bonds is 3. The number of aromatic nitrogens is 2. The Balaban J connectivity index is 2.09. The predicted octanol–water partition coefficient (Wildman–Crippen LogP) is 0.748. The first-order valence-electron chi connectivity index (χ1n) is 5.64. The van der Waals surface area contributed by atoms with Gasteiger partial charge in [0.1, 0.15) is 11.4 Å². The molecule has 6 heteroatoms. The van der Waals surface area contributed by atoms with Gasteiger partial charge in [0.2, 0.25) is 0 Å². The van der Waals surface area contributed by atoms with Crippen molar-refractivity contribution < 1.29 is 9.90 Å². The number of carbonyl (C=O) groups excluding carboxylic acids is 1. The molecule has 0 aliphatic carbocycles. The van der Waals surface area contributed by atoms with Crippen LogP contribution in [0.1, 0.15) is 16.1 Å². The third-order valence-corrected chi connectivity index (χ3v) is 2.59. The lowest BCUT2D eigenvalue weighted by atomic mass is 10.2. The van der Waals surface area contributed by atoms with Crippen molar-refractivity contribution in [1.29, 1.82) is 0 Å². The first-order valence-corrected chi connectivity index (χ1v) is 5.64. The molecule has 1 amide bonds. The van der Waals surface area contributed by atoms with Crippen molar-refractivity contribution >= 4 is 5.91 Å². The number of benzene rings is 1. The maximum Gasteiger partial charge on any atom is 0.274 e. The highest BCUT2D eigenvalue weighted by Crippen LogP contribution is 2.11. The molecule has 2 aromatic rings. The number of hydrogen-bond donors (Lipinski definition) is 2. The van der Waals surface area contributed by atoms with Gasteiger partial charge in [0.05, 0.1) is 6.20 Å². The van der Waals surface area contributed by atoms with E-state index in [1.807, 2.05) is 0 Å². The Labute approximate surface area is 109 Å². The fourth-order valence-corrected chi connectivity index (χ4v) is 1.60. The SMILES string of the molecule is CN(Cc1ccc(O)cc1)C(=O)c1c[nH]c(=O)cn1. The van der Waals surface area contributed by atoms with Crippen LogP contribution in [0.2, 0.25) is 0 Å². The molecule has 6 nitrogen and oxygen atoms in total. The maximum absolute atomic E-state index is 12.0. The van der Waals surface area contributed by atoms with Gasteiger partial charge in [0.25, 0.3) is 11.5 Å². The van der Waals surface area contributed by atoms with E-state index in [2.05, 4.69) is 9.97 Å². The van der Waals surface area contributed by atoms with E-state index in [1.54, 1.807) is 31.3 Å². The lowest BCUT2D eigenvalue weighted by Crippen LogP contribution is -2.27. The van der Waals surface area contributed by atoms with Crippen molar-refractivity contribution in [3.8, 4) is 5.75 Å². The molecule has 0 atom stereocenters. The molecular weight excluding hydrogens is 246 g/mol. The number of nitrogens with one attached hydrogen (secondary N) is 1. The molecule has 0 bridgehead atoms. The standard InChI is InChI=1S/C13H13N3O3/c1-16(8-9-2-4-10(17)5-3-9)13(19)11-6-15-12(18)7-14-11/h2-7,17H,8H2,1H3,(H,15,18). The molecule has 1 aromatic carbocycles. The molecule has 2 N–H and O–H groups in total. The van der Waals surface area contributed by atoms with Crippen molar-refractivity contribution in [3.05, 3.63) is 58.3 Å². The summed E-state index contributed by atoms with van der Waals surface area (Å²) in [6, 6.07) is 6.59. The van der Waals surface area contributed by atoms with E-state index in [0.29, 0.717) is 6.54 Å². The summed E-state index contributed by atoms with van der Waals surface area (Å²) in [7, 11) is 1.64. The molecule has 0 radical (unpaired) electrons. The molecule has 0 spiro atoms. The van der Waals surface area contributed by atoms with Crippen molar-refractivity contribution in [3.63, 3.8) is 0 Å². The number of H-pyrrole nitrogens is 1. The summed E-state index contributed by atoms with van der Waals surface area (Å²) in [6.45, 7) is 0.389. The molecule has 0 saturated heterocycles. The van der Waals surface area contributed by atoms with Gasteiger partial charge in [0, 0.05) is 19.8 Å². The van der Waals surface area contributed by atoms with E-state index in [0.717, 1.165) is 11.8 Å².